The lowest BCUT2D eigenvalue weighted by Gasteiger charge is -2.33. The molecule has 0 aromatic heterocycles. The van der Waals surface area contributed by atoms with Crippen LogP contribution in [0.2, 0.25) is 0 Å². The smallest absolute Gasteiger partial charge is 0.306 e. The minimum atomic E-state index is -2.19. The van der Waals surface area contributed by atoms with Crippen LogP contribution in [0.25, 0.3) is 0 Å². The maximum absolute atomic E-state index is 14.2. The number of benzene rings is 1. The minimum Gasteiger partial charge on any atom is -0.508 e. The summed E-state index contributed by atoms with van der Waals surface area (Å²) in [5.41, 5.74) is 0.328. The van der Waals surface area contributed by atoms with Crippen LogP contribution < -0.4 is 26.6 Å². The zero-order valence-electron chi connectivity index (χ0n) is 37.8. The summed E-state index contributed by atoms with van der Waals surface area (Å²) in [7, 11) is 0. The maximum Gasteiger partial charge on any atom is 0.306 e. The van der Waals surface area contributed by atoms with E-state index in [0.717, 1.165) is 55.2 Å². The molecule has 3 aliphatic rings. The van der Waals surface area contributed by atoms with Crippen LogP contribution in [0.3, 0.4) is 0 Å². The Morgan fingerprint density at radius 2 is 1.36 bits per heavy atom. The van der Waals surface area contributed by atoms with Crippen LogP contribution in [-0.2, 0) is 44.8 Å². The lowest BCUT2D eigenvalue weighted by atomic mass is 9.99. The molecule has 3 heterocycles. The van der Waals surface area contributed by atoms with Crippen LogP contribution in [0.4, 0.5) is 0 Å². The van der Waals surface area contributed by atoms with Gasteiger partial charge in [0.25, 0.3) is 0 Å². The second-order valence-electron chi connectivity index (χ2n) is 17.7. The quantitative estimate of drug-likeness (QED) is 0.0712. The monoisotopic (exact) mass is 949 g/mol. The first-order valence-corrected chi connectivity index (χ1v) is 22.9. The fraction of sp³-hybridized carbons (Fsp3) is 0.682. The second kappa shape index (κ2) is 25.6. The van der Waals surface area contributed by atoms with E-state index in [1.165, 1.54) is 24.3 Å². The largest absolute Gasteiger partial charge is 0.508 e. The molecule has 13 N–H and O–H groups in total. The molecule has 0 saturated carbocycles. The number of carbonyl (C=O) groups is 8. The first-order valence-electron chi connectivity index (χ1n) is 22.9. The maximum atomic E-state index is 14.2. The van der Waals surface area contributed by atoms with Crippen LogP contribution in [0, 0.1) is 0 Å². The van der Waals surface area contributed by atoms with Crippen molar-refractivity contribution in [3.05, 3.63) is 29.8 Å². The zero-order valence-corrected chi connectivity index (χ0v) is 37.8. The van der Waals surface area contributed by atoms with Gasteiger partial charge in [0.2, 0.25) is 41.4 Å². The van der Waals surface area contributed by atoms with Crippen LogP contribution >= 0.6 is 0 Å². The summed E-state index contributed by atoms with van der Waals surface area (Å²) in [6.45, 7) is 1.77. The van der Waals surface area contributed by atoms with E-state index in [4.69, 9.17) is 0 Å². The Balaban J connectivity index is 1.74. The highest BCUT2D eigenvalue weighted by molar-refractivity contribution is 5.98. The molecule has 23 heteroatoms. The first kappa shape index (κ1) is 54.1. The molecule has 67 heavy (non-hydrogen) atoms. The van der Waals surface area contributed by atoms with Gasteiger partial charge in [-0.3, -0.25) is 38.4 Å². The number of hydrogen-bond donors (Lipinski definition) is 13. The minimum absolute atomic E-state index is 0.000806. The number of aliphatic carboxylic acids is 1. The highest BCUT2D eigenvalue weighted by atomic mass is 16.4. The number of carbonyl (C=O) groups excluding carboxylic acids is 7. The lowest BCUT2D eigenvalue weighted by Crippen LogP contribution is -2.64. The van der Waals surface area contributed by atoms with Crippen LogP contribution in [0.1, 0.15) is 96.5 Å². The van der Waals surface area contributed by atoms with Gasteiger partial charge < -0.3 is 77.2 Å². The fourth-order valence-electron chi connectivity index (χ4n) is 8.50. The number of carboxylic acids is 1. The fourth-order valence-corrected chi connectivity index (χ4v) is 8.50. The number of phenols is 1. The molecule has 1 aromatic rings. The number of phenolic OH excluding ortho intramolecular Hbond substituents is 1. The second-order valence-corrected chi connectivity index (χ2v) is 17.7. The van der Waals surface area contributed by atoms with Gasteiger partial charge in [-0.1, -0.05) is 57.6 Å². The predicted octanol–water partition coefficient (Wildman–Crippen LogP) is -3.60. The van der Waals surface area contributed by atoms with Gasteiger partial charge >= 0.3 is 5.97 Å². The van der Waals surface area contributed by atoms with Crippen LogP contribution in [0.15, 0.2) is 24.3 Å². The van der Waals surface area contributed by atoms with Crippen molar-refractivity contribution in [1.29, 1.82) is 0 Å². The Morgan fingerprint density at radius 1 is 0.746 bits per heavy atom. The summed E-state index contributed by atoms with van der Waals surface area (Å²) in [5.74, 6) is -9.26. The summed E-state index contributed by atoms with van der Waals surface area (Å²) in [6.07, 6.45) is -6.69. The molecule has 4 rings (SSSR count). The van der Waals surface area contributed by atoms with Crippen LogP contribution in [0.5, 0.6) is 5.75 Å². The highest BCUT2D eigenvalue weighted by Crippen LogP contribution is 2.24. The molecule has 12 unspecified atom stereocenters. The number of hydrogen-bond acceptors (Lipinski definition) is 15. The van der Waals surface area contributed by atoms with Gasteiger partial charge in [-0.05, 0) is 37.5 Å². The third-order valence-corrected chi connectivity index (χ3v) is 12.2. The summed E-state index contributed by atoms with van der Waals surface area (Å²) >= 11 is 0. The van der Waals surface area contributed by atoms with Crippen molar-refractivity contribution in [3.8, 4) is 5.75 Å². The third-order valence-electron chi connectivity index (χ3n) is 12.2. The van der Waals surface area contributed by atoms with Gasteiger partial charge in [0.1, 0.15) is 42.0 Å². The number of amides is 7. The molecule has 3 aliphatic heterocycles. The standard InChI is InChI=1S/C44H67N7O16/c1-3-4-5-6-7-8-9-10-33(59)46-28-18-26(54)21-45-42(65)38-30(56)15-16-50(38)44(67)37(32(58)20-34(60)61)49-41(64)36(31(57)17-24-11-13-25(53)14-12-24)48-40(63)29-19-27(55)22-51(29)43(66)35(23(2)52)47-39(28)62/h11-14,23,26-32,35-38,52-58H,3-10,15-22H2,1-2H3,(H,45,65)(H,46,59)(H,47,62)(H,48,63)(H,49,64)(H,60,61). The van der Waals surface area contributed by atoms with E-state index in [1.54, 1.807) is 0 Å². The lowest BCUT2D eigenvalue weighted by molar-refractivity contribution is -0.149. The molecule has 23 nitrogen and oxygen atoms in total. The van der Waals surface area contributed by atoms with Crippen molar-refractivity contribution in [1.82, 2.24) is 36.4 Å². The van der Waals surface area contributed by atoms with E-state index in [-0.39, 0.29) is 25.1 Å². The number of fused-ring (bicyclic) bond motifs is 2. The molecule has 374 valence electrons. The Morgan fingerprint density at radius 3 is 2.00 bits per heavy atom. The Labute approximate surface area is 387 Å². The number of unbranched alkanes of at least 4 members (excludes halogenated alkanes) is 6. The van der Waals surface area contributed by atoms with E-state index in [0.29, 0.717) is 12.0 Å². The Hall–Kier alpha value is -5.46. The molecule has 0 radical (unpaired) electrons. The van der Waals surface area contributed by atoms with Gasteiger partial charge in [-0.15, -0.1) is 0 Å². The summed E-state index contributed by atoms with van der Waals surface area (Å²) in [5, 5.41) is 97.5. The van der Waals surface area contributed by atoms with Crippen molar-refractivity contribution < 1.29 is 79.2 Å². The van der Waals surface area contributed by atoms with E-state index >= 15 is 0 Å². The normalized spacial score (nSPS) is 28.4. The molecule has 1 aromatic carbocycles. The molecule has 3 saturated heterocycles. The molecule has 0 spiro atoms. The van der Waals surface area contributed by atoms with Crippen molar-refractivity contribution in [2.24, 2.45) is 0 Å². The summed E-state index contributed by atoms with van der Waals surface area (Å²) < 4.78 is 0. The third kappa shape index (κ3) is 15.5. The van der Waals surface area contributed by atoms with Crippen LogP contribution in [-0.4, -0.2) is 190 Å². The Bertz CT molecular complexity index is 1890. The van der Waals surface area contributed by atoms with Gasteiger partial charge in [-0.2, -0.15) is 0 Å². The molecule has 12 atom stereocenters. The topological polar surface area (TPSA) is 365 Å². The average Bonchev–Trinajstić information content (AvgIpc) is 3.86. The van der Waals surface area contributed by atoms with E-state index in [1.807, 2.05) is 0 Å². The number of nitrogens with one attached hydrogen (secondary N) is 5. The summed E-state index contributed by atoms with van der Waals surface area (Å²) in [4.78, 5) is 111. The first-order chi connectivity index (χ1) is 31.7. The van der Waals surface area contributed by atoms with Crippen molar-refractivity contribution in [2.45, 2.75) is 170 Å². The van der Waals surface area contributed by atoms with E-state index < -0.39 is 159 Å². The van der Waals surface area contributed by atoms with Gasteiger partial charge in [-0.25, -0.2) is 0 Å². The number of β-amino-alcohol motifs (C(OH)–C–C–N with tert-alkyl or cyclic N) is 1. The molecule has 3 fully saturated rings. The Kier molecular flexibility index (Phi) is 20.7. The van der Waals surface area contributed by atoms with Crippen molar-refractivity contribution in [2.75, 3.05) is 19.6 Å². The highest BCUT2D eigenvalue weighted by Gasteiger charge is 2.48. The van der Waals surface area contributed by atoms with Gasteiger partial charge in [0.05, 0.1) is 43.0 Å². The number of carboxylic acid groups (broad SMARTS) is 1. The number of aromatic hydroxyl groups is 1. The number of aliphatic hydroxyl groups excluding tert-OH is 6. The molecular formula is C44H67N7O16. The molecular weight excluding hydrogens is 883 g/mol. The number of rotatable bonds is 16. The van der Waals surface area contributed by atoms with E-state index in [2.05, 4.69) is 33.5 Å². The number of nitrogens with zero attached hydrogens (tertiary/aromatic N) is 2. The molecule has 0 aliphatic carbocycles. The predicted molar refractivity (Wildman–Crippen MR) is 234 cm³/mol. The van der Waals surface area contributed by atoms with Crippen molar-refractivity contribution in [3.63, 3.8) is 0 Å². The average molecular weight is 950 g/mol. The van der Waals surface area contributed by atoms with E-state index in [9.17, 15) is 79.2 Å². The molecule has 7 amide bonds. The summed E-state index contributed by atoms with van der Waals surface area (Å²) in [6, 6.07) is -5.63. The molecule has 0 bridgehead atoms. The van der Waals surface area contributed by atoms with Gasteiger partial charge in [0.15, 0.2) is 0 Å². The number of aliphatic hydroxyl groups is 6. The SMILES string of the molecule is CCCCCCCCCC(=O)NC1CC(O)CNC(=O)C2C(O)CCN2C(=O)C(C(O)CC(=O)O)NC(=O)C(C(O)Cc2ccc(O)cc2)NC(=O)C2CC(O)CN2C(=O)C(C(C)O)NC1=O. The van der Waals surface area contributed by atoms with Gasteiger partial charge in [0, 0.05) is 45.3 Å². The van der Waals surface area contributed by atoms with Crippen molar-refractivity contribution >= 4 is 47.3 Å². The zero-order chi connectivity index (χ0) is 49.5.